The van der Waals surface area contributed by atoms with Crippen molar-refractivity contribution in [3.05, 3.63) is 87.7 Å². The standard InChI is InChI=1S/C25H25ClN2O4.ClH/c1-15-2-7-21(12-22(15)25(30)31)32-20-8-4-16-3-6-19(10-18(16)11-20)27-14-23(29)17-5-9-24(26)28-13-17;/h2,4-5,7-9,11-13,19,23,27,29H,3,6,10,14H2,1H3,(H,30,31);1H/t19-,23+;/m0./s1. The van der Waals surface area contributed by atoms with E-state index >= 15 is 0 Å². The Hall–Kier alpha value is -2.64. The molecule has 3 aromatic rings. The van der Waals surface area contributed by atoms with Crippen molar-refractivity contribution in [1.29, 1.82) is 0 Å². The number of aromatic nitrogens is 1. The molecule has 2 atom stereocenters. The average Bonchev–Trinajstić information content (AvgIpc) is 2.78. The van der Waals surface area contributed by atoms with Gasteiger partial charge < -0.3 is 20.3 Å². The number of fused-ring (bicyclic) bond motifs is 1. The lowest BCUT2D eigenvalue weighted by Gasteiger charge is -2.27. The Kier molecular flexibility index (Phi) is 8.32. The third-order valence-corrected chi connectivity index (χ3v) is 6.04. The van der Waals surface area contributed by atoms with Crippen LogP contribution in [-0.4, -0.2) is 33.8 Å². The predicted octanol–water partition coefficient (Wildman–Crippen LogP) is 5.14. The number of ether oxygens (including phenoxy) is 1. The molecule has 0 unspecified atom stereocenters. The van der Waals surface area contributed by atoms with Gasteiger partial charge in [0.15, 0.2) is 0 Å². The summed E-state index contributed by atoms with van der Waals surface area (Å²) in [6, 6.07) is 14.8. The molecule has 6 nitrogen and oxygen atoms in total. The van der Waals surface area contributed by atoms with Crippen molar-refractivity contribution in [3.63, 3.8) is 0 Å². The molecule has 2 aromatic carbocycles. The Morgan fingerprint density at radius 3 is 2.67 bits per heavy atom. The van der Waals surface area contributed by atoms with Crippen LogP contribution in [0.3, 0.4) is 0 Å². The number of carboxylic acid groups (broad SMARTS) is 1. The van der Waals surface area contributed by atoms with E-state index in [-0.39, 0.29) is 24.0 Å². The van der Waals surface area contributed by atoms with Gasteiger partial charge in [-0.05, 0) is 73.2 Å². The maximum absolute atomic E-state index is 11.4. The summed E-state index contributed by atoms with van der Waals surface area (Å²) in [5.41, 5.74) is 4.14. The van der Waals surface area contributed by atoms with Gasteiger partial charge >= 0.3 is 5.97 Å². The van der Waals surface area contributed by atoms with Crippen LogP contribution >= 0.6 is 24.0 Å². The number of aliphatic hydroxyl groups excluding tert-OH is 1. The first-order valence-electron chi connectivity index (χ1n) is 10.6. The number of nitrogens with zero attached hydrogens (tertiary/aromatic N) is 1. The number of benzene rings is 2. The van der Waals surface area contributed by atoms with Gasteiger partial charge in [-0.15, -0.1) is 12.4 Å². The second kappa shape index (κ2) is 11.0. The molecular weight excluding hydrogens is 463 g/mol. The third kappa shape index (κ3) is 6.24. The summed E-state index contributed by atoms with van der Waals surface area (Å²) in [5, 5.41) is 23.6. The lowest BCUT2D eigenvalue weighted by Crippen LogP contribution is -2.37. The number of nitrogens with one attached hydrogen (secondary N) is 1. The molecule has 0 amide bonds. The molecule has 1 aliphatic rings. The number of pyridine rings is 1. The number of carbonyl (C=O) groups is 1. The number of carboxylic acids is 1. The molecule has 1 aliphatic carbocycles. The fourth-order valence-electron chi connectivity index (χ4n) is 3.98. The van der Waals surface area contributed by atoms with Crippen molar-refractivity contribution in [1.82, 2.24) is 10.3 Å². The smallest absolute Gasteiger partial charge is 0.336 e. The normalized spacial score (nSPS) is 15.8. The predicted molar refractivity (Wildman–Crippen MR) is 130 cm³/mol. The fraction of sp³-hybridized carbons (Fsp3) is 0.280. The van der Waals surface area contributed by atoms with Crippen molar-refractivity contribution >= 4 is 30.0 Å². The Balaban J connectivity index is 0.00000306. The third-order valence-electron chi connectivity index (χ3n) is 5.82. The van der Waals surface area contributed by atoms with E-state index in [9.17, 15) is 15.0 Å². The monoisotopic (exact) mass is 488 g/mol. The number of aliphatic hydroxyl groups is 1. The van der Waals surface area contributed by atoms with Crippen LogP contribution in [0.2, 0.25) is 5.15 Å². The molecule has 33 heavy (non-hydrogen) atoms. The van der Waals surface area contributed by atoms with E-state index in [1.807, 2.05) is 12.1 Å². The minimum Gasteiger partial charge on any atom is -0.478 e. The van der Waals surface area contributed by atoms with Gasteiger partial charge in [0, 0.05) is 24.3 Å². The molecule has 0 fully saturated rings. The van der Waals surface area contributed by atoms with Gasteiger partial charge in [0.2, 0.25) is 0 Å². The minimum atomic E-state index is -0.969. The zero-order chi connectivity index (χ0) is 22.7. The van der Waals surface area contributed by atoms with E-state index in [1.54, 1.807) is 43.5 Å². The van der Waals surface area contributed by atoms with Crippen molar-refractivity contribution in [3.8, 4) is 11.5 Å². The fourth-order valence-corrected chi connectivity index (χ4v) is 4.09. The van der Waals surface area contributed by atoms with E-state index in [1.165, 1.54) is 11.1 Å². The van der Waals surface area contributed by atoms with Gasteiger partial charge in [0.25, 0.3) is 0 Å². The van der Waals surface area contributed by atoms with Crippen LogP contribution in [0, 0.1) is 6.92 Å². The highest BCUT2D eigenvalue weighted by Gasteiger charge is 2.20. The van der Waals surface area contributed by atoms with Crippen LogP contribution in [-0.2, 0) is 12.8 Å². The maximum atomic E-state index is 11.4. The van der Waals surface area contributed by atoms with Crippen molar-refractivity contribution in [2.45, 2.75) is 38.3 Å². The summed E-state index contributed by atoms with van der Waals surface area (Å²) in [6.45, 7) is 2.19. The van der Waals surface area contributed by atoms with E-state index in [0.29, 0.717) is 28.8 Å². The lowest BCUT2D eigenvalue weighted by atomic mass is 9.88. The van der Waals surface area contributed by atoms with Crippen LogP contribution in [0.15, 0.2) is 54.7 Å². The molecule has 0 spiro atoms. The van der Waals surface area contributed by atoms with Crippen LogP contribution in [0.25, 0.3) is 0 Å². The van der Waals surface area contributed by atoms with Crippen LogP contribution in [0.4, 0.5) is 0 Å². The number of hydrogen-bond acceptors (Lipinski definition) is 5. The van der Waals surface area contributed by atoms with Crippen LogP contribution in [0.1, 0.15) is 45.1 Å². The van der Waals surface area contributed by atoms with E-state index in [2.05, 4.69) is 16.4 Å². The SMILES string of the molecule is Cc1ccc(Oc2ccc3c(c2)C[C@@H](NC[C@@H](O)c2ccc(Cl)nc2)CC3)cc1C(=O)O.Cl. The number of halogens is 2. The second-order valence-corrected chi connectivity index (χ2v) is 8.48. The summed E-state index contributed by atoms with van der Waals surface area (Å²) in [4.78, 5) is 15.4. The first-order chi connectivity index (χ1) is 15.4. The molecule has 0 saturated heterocycles. The number of rotatable bonds is 7. The molecule has 8 heteroatoms. The van der Waals surface area contributed by atoms with Crippen molar-refractivity contribution < 1.29 is 19.7 Å². The summed E-state index contributed by atoms with van der Waals surface area (Å²) in [5.74, 6) is 0.207. The number of aromatic carboxylic acids is 1. The molecule has 1 heterocycles. The molecule has 0 radical (unpaired) electrons. The van der Waals surface area contributed by atoms with Crippen molar-refractivity contribution in [2.24, 2.45) is 0 Å². The van der Waals surface area contributed by atoms with Crippen LogP contribution in [0.5, 0.6) is 11.5 Å². The lowest BCUT2D eigenvalue weighted by molar-refractivity contribution is 0.0695. The zero-order valence-electron chi connectivity index (χ0n) is 18.1. The van der Waals surface area contributed by atoms with Gasteiger partial charge in [0.1, 0.15) is 16.7 Å². The quantitative estimate of drug-likeness (QED) is 0.399. The maximum Gasteiger partial charge on any atom is 0.336 e. The molecule has 0 aliphatic heterocycles. The number of hydrogen-bond donors (Lipinski definition) is 3. The first kappa shape index (κ1) is 25.0. The second-order valence-electron chi connectivity index (χ2n) is 8.09. The molecular formula is C25H26Cl2N2O4. The van der Waals surface area contributed by atoms with E-state index in [4.69, 9.17) is 16.3 Å². The summed E-state index contributed by atoms with van der Waals surface area (Å²) in [6.07, 6.45) is 3.70. The molecule has 0 saturated carbocycles. The van der Waals surface area contributed by atoms with Crippen molar-refractivity contribution in [2.75, 3.05) is 6.54 Å². The molecule has 174 valence electrons. The largest absolute Gasteiger partial charge is 0.478 e. The zero-order valence-corrected chi connectivity index (χ0v) is 19.7. The first-order valence-corrected chi connectivity index (χ1v) is 10.9. The molecule has 0 bridgehead atoms. The minimum absolute atomic E-state index is 0. The highest BCUT2D eigenvalue weighted by atomic mass is 35.5. The Morgan fingerprint density at radius 1 is 1.18 bits per heavy atom. The van der Waals surface area contributed by atoms with Gasteiger partial charge in [-0.3, -0.25) is 0 Å². The summed E-state index contributed by atoms with van der Waals surface area (Å²) < 4.78 is 5.95. The molecule has 1 aromatic heterocycles. The summed E-state index contributed by atoms with van der Waals surface area (Å²) in [7, 11) is 0. The Labute approximate surface area is 204 Å². The van der Waals surface area contributed by atoms with Gasteiger partial charge in [-0.25, -0.2) is 9.78 Å². The topological polar surface area (TPSA) is 91.7 Å². The molecule has 4 rings (SSSR count). The van der Waals surface area contributed by atoms with Gasteiger partial charge in [-0.1, -0.05) is 29.8 Å². The van der Waals surface area contributed by atoms with E-state index in [0.717, 1.165) is 24.8 Å². The number of aryl methyl sites for hydroxylation is 2. The Bertz CT molecular complexity index is 1120. The van der Waals surface area contributed by atoms with Crippen LogP contribution < -0.4 is 10.1 Å². The van der Waals surface area contributed by atoms with Gasteiger partial charge in [0.05, 0.1) is 11.7 Å². The summed E-state index contributed by atoms with van der Waals surface area (Å²) >= 11 is 5.81. The average molecular weight is 489 g/mol. The highest BCUT2D eigenvalue weighted by molar-refractivity contribution is 6.29. The highest BCUT2D eigenvalue weighted by Crippen LogP contribution is 2.30. The van der Waals surface area contributed by atoms with E-state index < -0.39 is 12.1 Å². The van der Waals surface area contributed by atoms with Gasteiger partial charge in [-0.2, -0.15) is 0 Å². The Morgan fingerprint density at radius 2 is 1.94 bits per heavy atom. The molecule has 3 N–H and O–H groups in total.